The molecule has 0 bridgehead atoms. The number of aliphatic hydroxyl groups is 1. The van der Waals surface area contributed by atoms with Crippen LogP contribution < -0.4 is 10.6 Å². The number of rotatable bonds is 4. The maximum atomic E-state index is 13.0. The van der Waals surface area contributed by atoms with E-state index in [9.17, 15) is 14.3 Å². The highest BCUT2D eigenvalue weighted by Gasteiger charge is 2.14. The van der Waals surface area contributed by atoms with E-state index in [0.717, 1.165) is 5.56 Å². The molecule has 3 N–H and O–H groups in total. The van der Waals surface area contributed by atoms with E-state index in [2.05, 4.69) is 10.6 Å². The van der Waals surface area contributed by atoms with Gasteiger partial charge >= 0.3 is 6.03 Å². The second-order valence-corrected chi connectivity index (χ2v) is 5.28. The van der Waals surface area contributed by atoms with Gasteiger partial charge in [0, 0.05) is 10.7 Å². The molecule has 0 aliphatic heterocycles. The third kappa shape index (κ3) is 4.19. The summed E-state index contributed by atoms with van der Waals surface area (Å²) < 4.78 is 13.0. The van der Waals surface area contributed by atoms with E-state index in [-0.39, 0.29) is 12.4 Å². The highest BCUT2D eigenvalue weighted by Crippen LogP contribution is 2.18. The van der Waals surface area contributed by atoms with Crippen LogP contribution in [0.1, 0.15) is 17.2 Å². The van der Waals surface area contributed by atoms with E-state index < -0.39 is 12.1 Å². The highest BCUT2D eigenvalue weighted by molar-refractivity contribution is 6.30. The Bertz CT molecular complexity index is 662. The predicted octanol–water partition coefficient (Wildman–Crippen LogP) is 3.64. The van der Waals surface area contributed by atoms with Gasteiger partial charge in [-0.25, -0.2) is 9.18 Å². The zero-order valence-corrected chi connectivity index (χ0v) is 12.7. The van der Waals surface area contributed by atoms with Crippen molar-refractivity contribution in [2.75, 3.05) is 11.9 Å². The number of nitrogens with one attached hydrogen (secondary N) is 2. The van der Waals surface area contributed by atoms with Gasteiger partial charge < -0.3 is 15.7 Å². The van der Waals surface area contributed by atoms with Crippen LogP contribution in [0.2, 0.25) is 5.02 Å². The number of benzene rings is 2. The van der Waals surface area contributed by atoms with Crippen LogP contribution in [-0.2, 0) is 0 Å². The summed E-state index contributed by atoms with van der Waals surface area (Å²) in [5.74, 6) is -0.363. The number of urea groups is 1. The average molecular weight is 323 g/mol. The molecule has 0 spiro atoms. The van der Waals surface area contributed by atoms with Gasteiger partial charge in [0.1, 0.15) is 5.82 Å². The minimum absolute atomic E-state index is 0.253. The molecule has 0 aliphatic rings. The summed E-state index contributed by atoms with van der Waals surface area (Å²) in [6, 6.07) is 9.87. The van der Waals surface area contributed by atoms with Gasteiger partial charge in [0.05, 0.1) is 12.6 Å². The third-order valence-electron chi connectivity index (χ3n) is 3.20. The molecule has 4 nitrogen and oxygen atoms in total. The molecule has 0 radical (unpaired) electrons. The molecule has 2 aromatic rings. The van der Waals surface area contributed by atoms with Gasteiger partial charge in [0.2, 0.25) is 0 Å². The molecule has 0 saturated carbocycles. The lowest BCUT2D eigenvalue weighted by Gasteiger charge is -2.18. The van der Waals surface area contributed by atoms with Gasteiger partial charge in [-0.3, -0.25) is 0 Å². The van der Waals surface area contributed by atoms with E-state index in [4.69, 9.17) is 11.6 Å². The molecule has 6 heteroatoms. The van der Waals surface area contributed by atoms with Crippen molar-refractivity contribution in [3.63, 3.8) is 0 Å². The number of aliphatic hydroxyl groups excluding tert-OH is 1. The van der Waals surface area contributed by atoms with Gasteiger partial charge in [-0.1, -0.05) is 23.7 Å². The summed E-state index contributed by atoms with van der Waals surface area (Å²) >= 11 is 5.81. The first-order valence-corrected chi connectivity index (χ1v) is 7.07. The van der Waals surface area contributed by atoms with Crippen molar-refractivity contribution in [2.45, 2.75) is 13.0 Å². The number of anilines is 1. The van der Waals surface area contributed by atoms with Crippen LogP contribution in [0, 0.1) is 12.7 Å². The topological polar surface area (TPSA) is 61.4 Å². The Labute approximate surface area is 132 Å². The molecule has 2 amide bonds. The van der Waals surface area contributed by atoms with Crippen LogP contribution in [0.4, 0.5) is 14.9 Å². The summed E-state index contributed by atoms with van der Waals surface area (Å²) in [5, 5.41) is 15.3. The second kappa shape index (κ2) is 7.24. The molecule has 2 aromatic carbocycles. The molecule has 0 fully saturated rings. The van der Waals surface area contributed by atoms with Gasteiger partial charge in [-0.15, -0.1) is 0 Å². The van der Waals surface area contributed by atoms with E-state index >= 15 is 0 Å². The number of halogens is 2. The molecule has 0 aliphatic carbocycles. The summed E-state index contributed by atoms with van der Waals surface area (Å²) in [4.78, 5) is 12.0. The van der Waals surface area contributed by atoms with E-state index in [1.54, 1.807) is 31.2 Å². The van der Waals surface area contributed by atoms with Crippen LogP contribution in [0.15, 0.2) is 42.5 Å². The van der Waals surface area contributed by atoms with Crippen molar-refractivity contribution in [1.82, 2.24) is 5.32 Å². The normalized spacial score (nSPS) is 11.8. The molecule has 1 atom stereocenters. The predicted molar refractivity (Wildman–Crippen MR) is 84.6 cm³/mol. The smallest absolute Gasteiger partial charge is 0.319 e. The van der Waals surface area contributed by atoms with Crippen LogP contribution in [0.3, 0.4) is 0 Å². The molecule has 0 saturated heterocycles. The Morgan fingerprint density at radius 3 is 2.55 bits per heavy atom. The highest BCUT2D eigenvalue weighted by atomic mass is 35.5. The van der Waals surface area contributed by atoms with Gasteiger partial charge in [-0.2, -0.15) is 0 Å². The number of hydrogen-bond acceptors (Lipinski definition) is 2. The fourth-order valence-electron chi connectivity index (χ4n) is 2.01. The van der Waals surface area contributed by atoms with Crippen molar-refractivity contribution >= 4 is 23.3 Å². The van der Waals surface area contributed by atoms with Crippen molar-refractivity contribution in [2.24, 2.45) is 0 Å². The van der Waals surface area contributed by atoms with Crippen molar-refractivity contribution in [3.05, 3.63) is 64.4 Å². The Morgan fingerprint density at radius 2 is 1.95 bits per heavy atom. The Kier molecular flexibility index (Phi) is 5.35. The Hall–Kier alpha value is -2.11. The molecule has 0 aromatic heterocycles. The lowest BCUT2D eigenvalue weighted by Crippen LogP contribution is -2.34. The number of hydrogen-bond donors (Lipinski definition) is 3. The van der Waals surface area contributed by atoms with Gasteiger partial charge in [0.15, 0.2) is 0 Å². The molecule has 22 heavy (non-hydrogen) atoms. The van der Waals surface area contributed by atoms with Crippen LogP contribution in [0.25, 0.3) is 0 Å². The molecule has 2 rings (SSSR count). The van der Waals surface area contributed by atoms with Crippen LogP contribution in [-0.4, -0.2) is 17.7 Å². The number of aryl methyl sites for hydroxylation is 1. The number of carbonyl (C=O) groups is 1. The summed E-state index contributed by atoms with van der Waals surface area (Å²) in [5.41, 5.74) is 1.85. The van der Waals surface area contributed by atoms with Crippen LogP contribution >= 0.6 is 11.6 Å². The van der Waals surface area contributed by atoms with Crippen molar-refractivity contribution < 1.29 is 14.3 Å². The van der Waals surface area contributed by atoms with Crippen molar-refractivity contribution in [3.8, 4) is 0 Å². The summed E-state index contributed by atoms with van der Waals surface area (Å²) in [7, 11) is 0. The quantitative estimate of drug-likeness (QED) is 0.804. The van der Waals surface area contributed by atoms with Gasteiger partial charge in [-0.05, 0) is 48.4 Å². The zero-order chi connectivity index (χ0) is 16.1. The number of carbonyl (C=O) groups excluding carboxylic acids is 1. The summed E-state index contributed by atoms with van der Waals surface area (Å²) in [6.07, 6.45) is 0. The lowest BCUT2D eigenvalue weighted by atomic mass is 10.1. The fourth-order valence-corrected chi connectivity index (χ4v) is 2.14. The monoisotopic (exact) mass is 322 g/mol. The molecule has 0 heterocycles. The SMILES string of the molecule is Cc1cc(F)ccc1NC(=O)NC(CO)c1ccc(Cl)cc1. The maximum absolute atomic E-state index is 13.0. The third-order valence-corrected chi connectivity index (χ3v) is 3.45. The minimum Gasteiger partial charge on any atom is -0.394 e. The minimum atomic E-state index is -0.557. The van der Waals surface area contributed by atoms with E-state index in [1.807, 2.05) is 0 Å². The first kappa shape index (κ1) is 16.3. The standard InChI is InChI=1S/C16H16ClFN2O2/c1-10-8-13(18)6-7-14(10)19-16(22)20-15(9-21)11-2-4-12(17)5-3-11/h2-8,15,21H,9H2,1H3,(H2,19,20,22). The fraction of sp³-hybridized carbons (Fsp3) is 0.188. The Balaban J connectivity index is 2.04. The van der Waals surface area contributed by atoms with E-state index in [1.165, 1.54) is 18.2 Å². The molecular weight excluding hydrogens is 307 g/mol. The van der Waals surface area contributed by atoms with Gasteiger partial charge in [0.25, 0.3) is 0 Å². The van der Waals surface area contributed by atoms with Crippen molar-refractivity contribution in [1.29, 1.82) is 0 Å². The zero-order valence-electron chi connectivity index (χ0n) is 11.9. The van der Waals surface area contributed by atoms with Crippen LogP contribution in [0.5, 0.6) is 0 Å². The lowest BCUT2D eigenvalue weighted by molar-refractivity contribution is 0.225. The Morgan fingerprint density at radius 1 is 1.27 bits per heavy atom. The summed E-state index contributed by atoms with van der Waals surface area (Å²) in [6.45, 7) is 1.44. The molecular formula is C16H16ClFN2O2. The molecule has 1 unspecified atom stereocenters. The van der Waals surface area contributed by atoms with E-state index in [0.29, 0.717) is 16.3 Å². The molecule has 116 valence electrons. The first-order chi connectivity index (χ1) is 10.5. The maximum Gasteiger partial charge on any atom is 0.319 e. The largest absolute Gasteiger partial charge is 0.394 e. The average Bonchev–Trinajstić information content (AvgIpc) is 2.49. The number of amides is 2. The second-order valence-electron chi connectivity index (χ2n) is 4.84. The first-order valence-electron chi connectivity index (χ1n) is 6.69.